The van der Waals surface area contributed by atoms with Crippen LogP contribution in [0.25, 0.3) is 11.1 Å². The summed E-state index contributed by atoms with van der Waals surface area (Å²) in [6.45, 7) is 11.1. The van der Waals surface area contributed by atoms with E-state index in [-0.39, 0.29) is 38.4 Å². The third-order valence-electron chi connectivity index (χ3n) is 22.3. The summed E-state index contributed by atoms with van der Waals surface area (Å²) in [7, 11) is 0. The first-order valence-corrected chi connectivity index (χ1v) is 45.1. The highest BCUT2D eigenvalue weighted by Gasteiger charge is 2.64. The Morgan fingerprint density at radius 3 is 1.01 bits per heavy atom. The Labute approximate surface area is 816 Å². The van der Waals surface area contributed by atoms with Crippen molar-refractivity contribution >= 4 is 113 Å². The fraction of sp³-hybridized carbons (Fsp3) is 0.659. The monoisotopic (exact) mass is 2040 g/mol. The zero-order valence-corrected chi connectivity index (χ0v) is 81.2. The van der Waals surface area contributed by atoms with Crippen LogP contribution in [0.4, 0.5) is 4.79 Å². The van der Waals surface area contributed by atoms with Gasteiger partial charge in [0.05, 0.1) is 6.10 Å². The van der Waals surface area contributed by atoms with Crippen LogP contribution in [-0.2, 0) is 224 Å². The molecule has 0 unspecified atom stereocenters. The molecule has 0 saturated carbocycles. The summed E-state index contributed by atoms with van der Waals surface area (Å²) in [6.07, 6.45) is -62.7. The number of carbonyl (C=O) groups is 19. The molecule has 6 saturated heterocycles. The maximum absolute atomic E-state index is 14.3. The molecule has 7 aliphatic rings. The molecule has 9 rings (SSSR count). The first kappa shape index (κ1) is 114. The topological polar surface area (TPSA) is 657 Å². The Bertz CT molecular complexity index is 4820. The van der Waals surface area contributed by atoms with Gasteiger partial charge in [0.15, 0.2) is 111 Å². The number of esters is 16. The molecule has 31 atom stereocenters. The summed E-state index contributed by atoms with van der Waals surface area (Å²) in [5.74, 6) is -21.0. The van der Waals surface area contributed by atoms with Crippen molar-refractivity contribution in [1.82, 2.24) is 10.6 Å². The van der Waals surface area contributed by atoms with Crippen LogP contribution < -0.4 is 10.6 Å². The van der Waals surface area contributed by atoms with Crippen LogP contribution in [-0.4, -0.2) is 360 Å². The number of ether oxygens (including phenoxy) is 29. The third kappa shape index (κ3) is 32.3. The smallest absolute Gasteiger partial charge is 0.407 e. The van der Waals surface area contributed by atoms with Crippen LogP contribution in [0.2, 0.25) is 0 Å². The molecule has 0 aromatic heterocycles. The molecule has 2 aromatic carbocycles. The van der Waals surface area contributed by atoms with Crippen LogP contribution in [0.15, 0.2) is 48.5 Å². The van der Waals surface area contributed by atoms with Gasteiger partial charge in [-0.05, 0) is 48.4 Å². The molecule has 143 heavy (non-hydrogen) atoms. The molecule has 52 nitrogen and oxygen atoms in total. The van der Waals surface area contributed by atoms with E-state index in [4.69, 9.17) is 137 Å². The molecule has 2 aromatic rings. The molecule has 1 aliphatic carbocycles. The second-order valence-electron chi connectivity index (χ2n) is 33.7. The molecule has 792 valence electrons. The van der Waals surface area contributed by atoms with Gasteiger partial charge in [-0.15, -0.1) is 0 Å². The Morgan fingerprint density at radius 2 is 0.608 bits per heavy atom. The first-order chi connectivity index (χ1) is 67.5. The van der Waals surface area contributed by atoms with Crippen LogP contribution in [0, 0.1) is 0 Å². The van der Waals surface area contributed by atoms with Crippen molar-refractivity contribution in [3.63, 3.8) is 0 Å². The first-order valence-electron chi connectivity index (χ1n) is 45.1. The van der Waals surface area contributed by atoms with E-state index in [1.807, 2.05) is 48.5 Å². The standard InChI is InChI=1S/C91H118N2O50/c1-37-68(123-44(8)100)76(128-49(13)105)80(131-52(16)108)87(122-37)143-83-77(129-50(14)106)71(125-46(10)102)63(34-118-41(5)97)137-90(83)141-74-66(92-38(2)94)85(134-61(32-116-39(3)95)69(74)124-45(9)101)142-79-72(126-47(11)103)64(35-119-42(6)98)136-89(82(79)133-54(18)110)140-73-65(36-120-43(7)99)138-88(81(132-53(17)109)78(73)130-51(15)107)139-70-62(33-117-40(4)96)135-86(67(111)75(70)127-48(12)104)115-30-24-23-29-60(84(112)113)93-91(114)121-31-59-57-27-21-19-25-55(57)56-26-20-22-28-58(56)59/h19-22,25-28,37,59-83,85-90,111H,23-24,29-36H2,1-18H3,(H,92,94)(H,93,114)(H,112,113)/t37-,60-,61+,62+,63+,64+,65+,66+,67+,68+,69-,70+,71-,72-,73-,74+,75+,76+,77-,78-,79-,80-,81+,82+,83+,85-,86+,87-,88-,89+,90-/m0/s1. The molecule has 6 aliphatic heterocycles. The minimum atomic E-state index is -2.49. The summed E-state index contributed by atoms with van der Waals surface area (Å²) in [5, 5.41) is 27.4. The second-order valence-corrected chi connectivity index (χ2v) is 33.7. The number of alkyl carbamates (subject to hydrolysis) is 1. The zero-order chi connectivity index (χ0) is 105. The predicted molar refractivity (Wildman–Crippen MR) is 459 cm³/mol. The van der Waals surface area contributed by atoms with Crippen molar-refractivity contribution in [2.24, 2.45) is 0 Å². The van der Waals surface area contributed by atoms with Crippen LogP contribution in [0.5, 0.6) is 0 Å². The van der Waals surface area contributed by atoms with Gasteiger partial charge in [0.2, 0.25) is 5.91 Å². The van der Waals surface area contributed by atoms with Crippen molar-refractivity contribution < 1.29 is 239 Å². The quantitative estimate of drug-likeness (QED) is 0.0397. The molecular formula is C91H118N2O50. The Hall–Kier alpha value is -12.3. The van der Waals surface area contributed by atoms with Crippen molar-refractivity contribution in [3.05, 3.63) is 59.7 Å². The molecule has 2 amide bonds. The number of nitrogens with one attached hydrogen (secondary N) is 2. The van der Waals surface area contributed by atoms with Crippen molar-refractivity contribution in [2.45, 2.75) is 340 Å². The summed E-state index contributed by atoms with van der Waals surface area (Å²) < 4.78 is 176. The number of aliphatic hydroxyl groups excluding tert-OH is 1. The fourth-order valence-corrected chi connectivity index (χ4v) is 17.0. The SMILES string of the molecule is CC(=O)N[C@H]1[C@H](O[C@H]2[C@@H](OC(C)=O)[C@@H](COC(C)=O)O[C@H](O[C@@H]3[C@H](OC(C)=O)[C@@H](OC(C)=O)[C@H](O[C@H]4[C@H](OC(C)=O)[C@@H](O)[C@H](OCCCC[C@H](NC(=O)OCC5c6ccccc6-c6ccccc65)C(=O)O)O[C@@H]4COC(C)=O)O[C@@H]3COC(C)=O)[C@@H]2OC(C)=O)O[C@H](COC(C)=O)[C@H](OC(C)=O)[C@@H]1O[C@@H]1O[C@H](COC(C)=O)[C@H](OC(C)=O)[C@H](OC(C)=O)[C@H]1O[C@@H]1O[C@@H](C)[C@@H](OC(C)=O)[C@@H](OC(C)=O)[C@@H]1OC(C)=O. The van der Waals surface area contributed by atoms with Crippen LogP contribution in [0.3, 0.4) is 0 Å². The number of carboxylic acid groups (broad SMARTS) is 1. The van der Waals surface area contributed by atoms with Gasteiger partial charge in [0.25, 0.3) is 0 Å². The van der Waals surface area contributed by atoms with Crippen LogP contribution >= 0.6 is 0 Å². The summed E-state index contributed by atoms with van der Waals surface area (Å²) >= 11 is 0. The number of rotatable bonds is 42. The van der Waals surface area contributed by atoms with Crippen molar-refractivity contribution in [3.8, 4) is 11.1 Å². The molecule has 0 spiro atoms. The number of carboxylic acids is 1. The van der Waals surface area contributed by atoms with E-state index in [0.29, 0.717) is 0 Å². The minimum absolute atomic E-state index is 0.0108. The summed E-state index contributed by atoms with van der Waals surface area (Å²) in [5.41, 5.74) is 3.72. The van der Waals surface area contributed by atoms with E-state index in [0.717, 1.165) is 140 Å². The van der Waals surface area contributed by atoms with Gasteiger partial charge < -0.3 is 158 Å². The van der Waals surface area contributed by atoms with E-state index < -0.39 is 337 Å². The maximum Gasteiger partial charge on any atom is 0.407 e. The van der Waals surface area contributed by atoms with Gasteiger partial charge in [0.1, 0.15) is 113 Å². The van der Waals surface area contributed by atoms with E-state index in [2.05, 4.69) is 10.6 Å². The average Bonchev–Trinajstić information content (AvgIpc) is 1.71. The summed E-state index contributed by atoms with van der Waals surface area (Å²) in [6, 6.07) is 11.4. The Kier molecular flexibility index (Phi) is 42.2. The van der Waals surface area contributed by atoms with Gasteiger partial charge in [-0.2, -0.15) is 0 Å². The third-order valence-corrected chi connectivity index (χ3v) is 22.3. The molecule has 0 bridgehead atoms. The predicted octanol–water partition coefficient (Wildman–Crippen LogP) is 0.390. The zero-order valence-electron chi connectivity index (χ0n) is 81.2. The lowest BCUT2D eigenvalue weighted by atomic mass is 9.93. The number of fused-ring (bicyclic) bond motifs is 3. The lowest BCUT2D eigenvalue weighted by Crippen LogP contribution is -2.72. The highest BCUT2D eigenvalue weighted by Crippen LogP contribution is 2.47. The number of hydrogen-bond acceptors (Lipinski definition) is 49. The highest BCUT2D eigenvalue weighted by atomic mass is 16.8. The van der Waals surface area contributed by atoms with Crippen molar-refractivity contribution in [2.75, 3.05) is 46.2 Å². The van der Waals surface area contributed by atoms with E-state index >= 15 is 0 Å². The number of aliphatic hydroxyl groups is 1. The molecule has 0 radical (unpaired) electrons. The largest absolute Gasteiger partial charge is 0.480 e. The van der Waals surface area contributed by atoms with Gasteiger partial charge in [-0.3, -0.25) is 81.5 Å². The molecule has 6 heterocycles. The van der Waals surface area contributed by atoms with Crippen molar-refractivity contribution in [1.29, 1.82) is 0 Å². The Balaban J connectivity index is 1.11. The fourth-order valence-electron chi connectivity index (χ4n) is 17.0. The number of aliphatic carboxylic acids is 1. The lowest BCUT2D eigenvalue weighted by molar-refractivity contribution is -0.393. The minimum Gasteiger partial charge on any atom is -0.480 e. The number of benzene rings is 2. The van der Waals surface area contributed by atoms with E-state index in [1.165, 1.54) is 6.92 Å². The number of unbranched alkanes of at least 4 members (excludes halogenated alkanes) is 1. The lowest BCUT2D eigenvalue weighted by Gasteiger charge is -2.52. The normalized spacial score (nSPS) is 30.8. The molecular weight excluding hydrogens is 1920 g/mol. The number of amides is 2. The number of hydrogen-bond donors (Lipinski definition) is 4. The van der Waals surface area contributed by atoms with E-state index in [1.54, 1.807) is 0 Å². The number of carbonyl (C=O) groups excluding carboxylic acids is 18. The van der Waals surface area contributed by atoms with Gasteiger partial charge >= 0.3 is 108 Å². The molecule has 52 heteroatoms. The highest BCUT2D eigenvalue weighted by molar-refractivity contribution is 5.82. The molecule has 6 fully saturated rings. The maximum atomic E-state index is 14.3. The van der Waals surface area contributed by atoms with Gasteiger partial charge in [-0.25, -0.2) is 9.59 Å². The molecule has 4 N–H and O–H groups in total. The Morgan fingerprint density at radius 1 is 0.308 bits per heavy atom. The second kappa shape index (κ2) is 52.8. The van der Waals surface area contributed by atoms with Gasteiger partial charge in [-0.1, -0.05) is 48.5 Å². The van der Waals surface area contributed by atoms with Gasteiger partial charge in [0, 0.05) is 130 Å². The van der Waals surface area contributed by atoms with Crippen LogP contribution in [0.1, 0.15) is 161 Å². The average molecular weight is 2040 g/mol. The van der Waals surface area contributed by atoms with E-state index in [9.17, 15) is 101 Å². The summed E-state index contributed by atoms with van der Waals surface area (Å²) in [4.78, 5) is 254.